The highest BCUT2D eigenvalue weighted by atomic mass is 32.2. The van der Waals surface area contributed by atoms with Crippen LogP contribution in [0.4, 0.5) is 23.3 Å². The predicted molar refractivity (Wildman–Crippen MR) is 335 cm³/mol. The molecule has 0 atom stereocenters. The first-order valence-electron chi connectivity index (χ1n) is 28.0. The van der Waals surface area contributed by atoms with Gasteiger partial charge in [-0.1, -0.05) is 130 Å². The molecule has 0 amide bonds. The van der Waals surface area contributed by atoms with Crippen LogP contribution < -0.4 is 19.6 Å². The first-order chi connectivity index (χ1) is 37.7. The van der Waals surface area contributed by atoms with E-state index in [0.29, 0.717) is 143 Å². The van der Waals surface area contributed by atoms with Gasteiger partial charge in [-0.05, 0) is 55.4 Å². The van der Waals surface area contributed by atoms with E-state index in [1.807, 2.05) is 0 Å². The Morgan fingerprint density at radius 3 is 0.625 bits per heavy atom. The standard InChI is InChI=1S/C56H78N20S4/c1-21-73(22-2)45-46(74(23-3)24-4)58-30-29(57-45)37-65-38(30)68-42-35-36(64-52(80-56(18,19)20)51(63-35)79-55(15,16)17)44(72-42)70-40-32-31(59-47(75(25-5)26-6)48(60-32)76(27-7)28-8)39(66-40)69-43-34-33(41(67-37)71-43)61-49(77-53(9,10)11)50(62-34)78-54(12,13)14/h21-28H2,1-20H3,(H2,65,66,67,68,69,70,71,72). The van der Waals surface area contributed by atoms with Crippen molar-refractivity contribution in [3.05, 3.63) is 0 Å². The molecule has 0 aliphatic carbocycles. The summed E-state index contributed by atoms with van der Waals surface area (Å²) in [4.78, 5) is 92.0. The number of thioether (sulfide) groups is 4. The second-order valence-electron chi connectivity index (χ2n) is 23.4. The lowest BCUT2D eigenvalue weighted by Gasteiger charge is -2.28. The summed E-state index contributed by atoms with van der Waals surface area (Å²) in [6, 6.07) is 0. The maximum Gasteiger partial charge on any atom is 0.184 e. The number of hydrogen-bond acceptors (Lipinski definition) is 22. The summed E-state index contributed by atoms with van der Waals surface area (Å²) in [5, 5.41) is 3.12. The summed E-state index contributed by atoms with van der Waals surface area (Å²) in [6.45, 7) is 48.8. The van der Waals surface area contributed by atoms with E-state index in [9.17, 15) is 0 Å². The molecule has 2 aliphatic heterocycles. The van der Waals surface area contributed by atoms with Gasteiger partial charge >= 0.3 is 0 Å². The van der Waals surface area contributed by atoms with Gasteiger partial charge in [-0.3, -0.25) is 0 Å². The molecule has 0 fully saturated rings. The zero-order valence-corrected chi connectivity index (χ0v) is 53.6. The Morgan fingerprint density at radius 2 is 0.463 bits per heavy atom. The van der Waals surface area contributed by atoms with Gasteiger partial charge in [0.1, 0.15) is 64.9 Å². The van der Waals surface area contributed by atoms with Crippen molar-refractivity contribution < 1.29 is 0 Å². The van der Waals surface area contributed by atoms with Crippen molar-refractivity contribution in [2.75, 3.05) is 72.0 Å². The lowest BCUT2D eigenvalue weighted by molar-refractivity contribution is 0.782. The number of fused-ring (bicyclic) bond motifs is 20. The molecule has 0 spiro atoms. The third-order valence-corrected chi connectivity index (χ3v) is 17.4. The fourth-order valence-electron chi connectivity index (χ4n) is 9.23. The molecule has 2 N–H and O–H groups in total. The first kappa shape index (κ1) is 58.9. The zero-order chi connectivity index (χ0) is 58.0. The van der Waals surface area contributed by atoms with Crippen LogP contribution >= 0.6 is 47.0 Å². The zero-order valence-electron chi connectivity index (χ0n) is 50.3. The molecule has 426 valence electrons. The number of nitrogens with one attached hydrogen (secondary N) is 2. The van der Waals surface area contributed by atoms with Crippen LogP contribution in [0.15, 0.2) is 20.1 Å². The van der Waals surface area contributed by atoms with Gasteiger partial charge in [0.05, 0.1) is 0 Å². The Morgan fingerprint density at radius 1 is 0.275 bits per heavy atom. The van der Waals surface area contributed by atoms with Gasteiger partial charge in [-0.25, -0.2) is 69.8 Å². The molecule has 20 nitrogen and oxygen atoms in total. The Kier molecular flexibility index (Phi) is 16.6. The average Bonchev–Trinajstić information content (AvgIpc) is 4.10. The van der Waals surface area contributed by atoms with Crippen LogP contribution in [0, 0.1) is 0 Å². The highest BCUT2D eigenvalue weighted by Gasteiger charge is 2.34. The van der Waals surface area contributed by atoms with Crippen LogP contribution in [0.25, 0.3) is 90.7 Å². The van der Waals surface area contributed by atoms with Gasteiger partial charge in [0.2, 0.25) is 0 Å². The highest BCUT2D eigenvalue weighted by Crippen LogP contribution is 2.46. The van der Waals surface area contributed by atoms with E-state index in [4.69, 9.17) is 69.8 Å². The van der Waals surface area contributed by atoms with E-state index in [1.165, 1.54) is 0 Å². The van der Waals surface area contributed by atoms with Gasteiger partial charge in [-0.2, -0.15) is 0 Å². The molecule has 0 unspecified atom stereocenters. The molecule has 9 rings (SSSR count). The summed E-state index contributed by atoms with van der Waals surface area (Å²) >= 11 is 6.64. The van der Waals surface area contributed by atoms with Gasteiger partial charge in [0.25, 0.3) is 0 Å². The van der Waals surface area contributed by atoms with Crippen molar-refractivity contribution in [1.29, 1.82) is 0 Å². The Balaban J connectivity index is 1.53. The minimum absolute atomic E-state index is 0.198. The molecule has 9 heterocycles. The summed E-state index contributed by atoms with van der Waals surface area (Å²) in [6.07, 6.45) is 0. The van der Waals surface area contributed by atoms with Crippen LogP contribution in [-0.4, -0.2) is 151 Å². The van der Waals surface area contributed by atoms with E-state index in [1.54, 1.807) is 47.0 Å². The molecule has 0 saturated heterocycles. The van der Waals surface area contributed by atoms with Gasteiger partial charge in [-0.15, -0.1) is 0 Å². The molecule has 7 aromatic rings. The molecule has 24 heteroatoms. The summed E-state index contributed by atoms with van der Waals surface area (Å²) < 4.78 is -0.794. The Labute approximate surface area is 487 Å². The maximum atomic E-state index is 5.47. The number of hydrogen-bond donors (Lipinski definition) is 2. The second-order valence-corrected chi connectivity index (χ2v) is 30.6. The topological polar surface area (TPSA) is 225 Å². The van der Waals surface area contributed by atoms with Crippen LogP contribution in [0.1, 0.15) is 138 Å². The van der Waals surface area contributed by atoms with E-state index in [-0.39, 0.29) is 19.0 Å². The van der Waals surface area contributed by atoms with Gasteiger partial charge < -0.3 is 29.6 Å². The van der Waals surface area contributed by atoms with Crippen molar-refractivity contribution in [3.63, 3.8) is 0 Å². The molecule has 0 aromatic carbocycles. The number of rotatable bonds is 16. The quantitative estimate of drug-likeness (QED) is 0.0858. The van der Waals surface area contributed by atoms with E-state index < -0.39 is 0 Å². The van der Waals surface area contributed by atoms with Crippen LogP contribution in [0.5, 0.6) is 0 Å². The fourth-order valence-corrected chi connectivity index (χ4v) is 13.1. The fraction of sp³-hybridized carbons (Fsp3) is 0.571. The Bertz CT molecular complexity index is 3180. The minimum atomic E-state index is -0.198. The summed E-state index contributed by atoms with van der Waals surface area (Å²) in [7, 11) is 0. The minimum Gasteiger partial charge on any atom is -0.354 e. The third kappa shape index (κ3) is 12.1. The molecule has 8 bridgehead atoms. The van der Waals surface area contributed by atoms with Crippen molar-refractivity contribution in [3.8, 4) is 46.1 Å². The van der Waals surface area contributed by atoms with Gasteiger partial charge in [0, 0.05) is 71.3 Å². The van der Waals surface area contributed by atoms with Crippen LogP contribution in [0.2, 0.25) is 0 Å². The van der Waals surface area contributed by atoms with Crippen molar-refractivity contribution >= 4 is 115 Å². The Hall–Kier alpha value is -5.72. The monoisotopic (exact) mass is 1160 g/mol. The second kappa shape index (κ2) is 22.6. The largest absolute Gasteiger partial charge is 0.354 e. The number of nitrogens with zero attached hydrogens (tertiary/aromatic N) is 18. The number of anilines is 4. The lowest BCUT2D eigenvalue weighted by atomic mass is 10.3. The molecule has 0 saturated carbocycles. The lowest BCUT2D eigenvalue weighted by Crippen LogP contribution is -2.30. The summed E-state index contributed by atoms with van der Waals surface area (Å²) in [5.41, 5.74) is 5.46. The number of aromatic nitrogens is 16. The number of H-pyrrole nitrogens is 2. The van der Waals surface area contributed by atoms with E-state index >= 15 is 0 Å². The normalized spacial score (nSPS) is 12.8. The van der Waals surface area contributed by atoms with Gasteiger partial charge in [0.15, 0.2) is 69.2 Å². The third-order valence-electron chi connectivity index (χ3n) is 12.8. The molecule has 2 aliphatic rings. The predicted octanol–water partition coefficient (Wildman–Crippen LogP) is 13.0. The van der Waals surface area contributed by atoms with Crippen molar-refractivity contribution in [2.24, 2.45) is 0 Å². The van der Waals surface area contributed by atoms with Crippen LogP contribution in [0.3, 0.4) is 0 Å². The maximum absolute atomic E-state index is 5.47. The molecular formula is C56H78N20S4. The average molecular weight is 1160 g/mol. The molecule has 80 heavy (non-hydrogen) atoms. The highest BCUT2D eigenvalue weighted by molar-refractivity contribution is 8.04. The molecule has 0 radical (unpaired) electrons. The summed E-state index contributed by atoms with van der Waals surface area (Å²) in [5.74, 6) is 4.12. The van der Waals surface area contributed by atoms with Crippen molar-refractivity contribution in [2.45, 2.75) is 178 Å². The number of aromatic amines is 2. The van der Waals surface area contributed by atoms with Crippen molar-refractivity contribution in [1.82, 2.24) is 79.7 Å². The molecule has 7 aromatic heterocycles. The van der Waals surface area contributed by atoms with E-state index in [2.05, 4.69) is 168 Å². The smallest absolute Gasteiger partial charge is 0.184 e. The van der Waals surface area contributed by atoms with E-state index in [0.717, 1.165) is 43.4 Å². The SMILES string of the molecule is CCN(CC)c1nc2c(nc1N(CC)CC)-c1nc-2nc2[nH]c(nc3nc(nc4[nH]c(n1)c1nc(SC(C)(C)C)c(SC(C)(C)C)nc41)-c1nc(N(CC)CC)c(N(CC)CC)nc1-3)c1nc(SC(C)(C)C)c(SC(C)(C)C)nc21. The molecular weight excluding hydrogens is 1080 g/mol. The van der Waals surface area contributed by atoms with Crippen LogP contribution in [-0.2, 0) is 0 Å². The first-order valence-corrected chi connectivity index (χ1v) is 31.2.